The highest BCUT2D eigenvalue weighted by Gasteiger charge is 2.06. The molecule has 0 saturated carbocycles. The number of aromatic nitrogens is 2. The maximum atomic E-state index is 5.96. The maximum Gasteiger partial charge on any atom is 0.170 e. The van der Waals surface area contributed by atoms with Crippen LogP contribution in [-0.4, -0.2) is 16.5 Å². The summed E-state index contributed by atoms with van der Waals surface area (Å²) in [5, 5.41) is 1.62. The minimum atomic E-state index is 0.617. The molecular formula is C11H12ClN3S. The van der Waals surface area contributed by atoms with E-state index in [1.54, 1.807) is 24.2 Å². The molecule has 0 unspecified atom stereocenters. The SMILES string of the molecule is NCCc1cc(Cl)ccc1Sc1ncc[nH]1. The Labute approximate surface area is 103 Å². The van der Waals surface area contributed by atoms with Crippen LogP contribution in [0.15, 0.2) is 40.6 Å². The highest BCUT2D eigenvalue weighted by molar-refractivity contribution is 7.99. The lowest BCUT2D eigenvalue weighted by Crippen LogP contribution is -2.03. The average Bonchev–Trinajstić information content (AvgIpc) is 2.75. The van der Waals surface area contributed by atoms with Gasteiger partial charge in [-0.15, -0.1) is 0 Å². The molecular weight excluding hydrogens is 242 g/mol. The molecule has 1 aromatic carbocycles. The molecule has 0 aliphatic carbocycles. The van der Waals surface area contributed by atoms with Crippen molar-refractivity contribution in [3.8, 4) is 0 Å². The second kappa shape index (κ2) is 5.39. The van der Waals surface area contributed by atoms with E-state index in [0.717, 1.165) is 27.1 Å². The van der Waals surface area contributed by atoms with Gasteiger partial charge in [-0.2, -0.15) is 0 Å². The minimum absolute atomic E-state index is 0.617. The molecule has 3 nitrogen and oxygen atoms in total. The number of nitrogens with one attached hydrogen (secondary N) is 1. The number of aromatic amines is 1. The van der Waals surface area contributed by atoms with Gasteiger partial charge in [-0.1, -0.05) is 23.4 Å². The smallest absolute Gasteiger partial charge is 0.170 e. The topological polar surface area (TPSA) is 54.7 Å². The lowest BCUT2D eigenvalue weighted by Gasteiger charge is -2.07. The molecule has 16 heavy (non-hydrogen) atoms. The molecule has 0 amide bonds. The summed E-state index contributed by atoms with van der Waals surface area (Å²) < 4.78 is 0. The van der Waals surface area contributed by atoms with Gasteiger partial charge in [-0.25, -0.2) is 4.98 Å². The largest absolute Gasteiger partial charge is 0.339 e. The number of hydrogen-bond acceptors (Lipinski definition) is 3. The summed E-state index contributed by atoms with van der Waals surface area (Å²) in [5.74, 6) is 0. The number of H-pyrrole nitrogens is 1. The zero-order valence-corrected chi connectivity index (χ0v) is 10.2. The number of rotatable bonds is 4. The molecule has 0 saturated heterocycles. The predicted octanol–water partition coefficient (Wildman–Crippen LogP) is 2.72. The highest BCUT2D eigenvalue weighted by atomic mass is 35.5. The fourth-order valence-electron chi connectivity index (χ4n) is 1.41. The summed E-state index contributed by atoms with van der Waals surface area (Å²) in [5.41, 5.74) is 6.74. The van der Waals surface area contributed by atoms with Crippen molar-refractivity contribution >= 4 is 23.4 Å². The summed E-state index contributed by atoms with van der Waals surface area (Å²) >= 11 is 7.55. The third kappa shape index (κ3) is 2.78. The third-order valence-corrected chi connectivity index (χ3v) is 3.39. The van der Waals surface area contributed by atoms with Gasteiger partial charge < -0.3 is 10.7 Å². The van der Waals surface area contributed by atoms with Crippen LogP contribution in [0.3, 0.4) is 0 Å². The lowest BCUT2D eigenvalue weighted by atomic mass is 10.1. The predicted molar refractivity (Wildman–Crippen MR) is 66.9 cm³/mol. The Balaban J connectivity index is 2.25. The van der Waals surface area contributed by atoms with Crippen LogP contribution in [0.5, 0.6) is 0 Å². The van der Waals surface area contributed by atoms with Crippen LogP contribution in [0.4, 0.5) is 0 Å². The number of hydrogen-bond donors (Lipinski definition) is 2. The van der Waals surface area contributed by atoms with Crippen LogP contribution in [0, 0.1) is 0 Å². The molecule has 0 atom stereocenters. The second-order valence-electron chi connectivity index (χ2n) is 3.29. The normalized spacial score (nSPS) is 10.6. The van der Waals surface area contributed by atoms with Gasteiger partial charge in [0, 0.05) is 22.3 Å². The fourth-order valence-corrected chi connectivity index (χ4v) is 2.48. The third-order valence-electron chi connectivity index (χ3n) is 2.12. The Morgan fingerprint density at radius 2 is 2.31 bits per heavy atom. The molecule has 84 valence electrons. The molecule has 0 bridgehead atoms. The quantitative estimate of drug-likeness (QED) is 0.881. The van der Waals surface area contributed by atoms with Crippen molar-refractivity contribution in [3.05, 3.63) is 41.2 Å². The summed E-state index contributed by atoms with van der Waals surface area (Å²) in [6.07, 6.45) is 4.37. The van der Waals surface area contributed by atoms with Gasteiger partial charge in [0.15, 0.2) is 5.16 Å². The van der Waals surface area contributed by atoms with Crippen LogP contribution in [0.25, 0.3) is 0 Å². The van der Waals surface area contributed by atoms with E-state index in [1.165, 1.54) is 0 Å². The van der Waals surface area contributed by atoms with E-state index >= 15 is 0 Å². The molecule has 1 aromatic heterocycles. The first-order chi connectivity index (χ1) is 7.79. The average molecular weight is 254 g/mol. The molecule has 2 aromatic rings. The molecule has 0 fully saturated rings. The zero-order valence-electron chi connectivity index (χ0n) is 8.61. The maximum absolute atomic E-state index is 5.96. The molecule has 0 radical (unpaired) electrons. The van der Waals surface area contributed by atoms with Crippen molar-refractivity contribution in [2.24, 2.45) is 5.73 Å². The Kier molecular flexibility index (Phi) is 3.88. The van der Waals surface area contributed by atoms with Crippen LogP contribution in [0.2, 0.25) is 5.02 Å². The van der Waals surface area contributed by atoms with E-state index in [1.807, 2.05) is 18.2 Å². The van der Waals surface area contributed by atoms with Gasteiger partial charge in [0.25, 0.3) is 0 Å². The molecule has 0 aliphatic heterocycles. The van der Waals surface area contributed by atoms with Gasteiger partial charge >= 0.3 is 0 Å². The van der Waals surface area contributed by atoms with Gasteiger partial charge in [-0.3, -0.25) is 0 Å². The van der Waals surface area contributed by atoms with Crippen LogP contribution in [-0.2, 0) is 6.42 Å². The number of imidazole rings is 1. The highest BCUT2D eigenvalue weighted by Crippen LogP contribution is 2.29. The summed E-state index contributed by atoms with van der Waals surface area (Å²) in [7, 11) is 0. The van der Waals surface area contributed by atoms with Crippen molar-refractivity contribution in [1.82, 2.24) is 9.97 Å². The van der Waals surface area contributed by atoms with E-state index in [9.17, 15) is 0 Å². The van der Waals surface area contributed by atoms with Crippen LogP contribution < -0.4 is 5.73 Å². The Hall–Kier alpha value is -0.970. The van der Waals surface area contributed by atoms with E-state index in [-0.39, 0.29) is 0 Å². The van der Waals surface area contributed by atoms with E-state index in [0.29, 0.717) is 6.54 Å². The van der Waals surface area contributed by atoms with Gasteiger partial charge in [0.2, 0.25) is 0 Å². The Morgan fingerprint density at radius 3 is 3.00 bits per heavy atom. The van der Waals surface area contributed by atoms with Crippen molar-refractivity contribution in [3.63, 3.8) is 0 Å². The van der Waals surface area contributed by atoms with Gasteiger partial charge in [0.05, 0.1) is 0 Å². The number of nitrogens with two attached hydrogens (primary N) is 1. The molecule has 5 heteroatoms. The molecule has 1 heterocycles. The minimum Gasteiger partial charge on any atom is -0.339 e. The van der Waals surface area contributed by atoms with Crippen LogP contribution >= 0.6 is 23.4 Å². The van der Waals surface area contributed by atoms with Gasteiger partial charge in [-0.05, 0) is 36.7 Å². The Morgan fingerprint density at radius 1 is 1.44 bits per heavy atom. The second-order valence-corrected chi connectivity index (χ2v) is 4.75. The molecule has 0 spiro atoms. The number of halogens is 1. The van der Waals surface area contributed by atoms with E-state index < -0.39 is 0 Å². The van der Waals surface area contributed by atoms with Crippen molar-refractivity contribution in [2.45, 2.75) is 16.5 Å². The molecule has 3 N–H and O–H groups in total. The Bertz CT molecular complexity index is 456. The zero-order chi connectivity index (χ0) is 11.4. The molecule has 0 aliphatic rings. The summed E-state index contributed by atoms with van der Waals surface area (Å²) in [4.78, 5) is 8.38. The van der Waals surface area contributed by atoms with Crippen molar-refractivity contribution in [1.29, 1.82) is 0 Å². The number of benzene rings is 1. The monoisotopic (exact) mass is 253 g/mol. The standard InChI is InChI=1S/C11H12ClN3S/c12-9-1-2-10(8(7-9)3-4-13)16-11-14-5-6-15-11/h1-2,5-7H,3-4,13H2,(H,14,15). The van der Waals surface area contributed by atoms with E-state index in [4.69, 9.17) is 17.3 Å². The molecule has 2 rings (SSSR count). The number of nitrogens with zero attached hydrogens (tertiary/aromatic N) is 1. The van der Waals surface area contributed by atoms with Gasteiger partial charge in [0.1, 0.15) is 0 Å². The van der Waals surface area contributed by atoms with E-state index in [2.05, 4.69) is 9.97 Å². The van der Waals surface area contributed by atoms with Crippen molar-refractivity contribution < 1.29 is 0 Å². The summed E-state index contributed by atoms with van der Waals surface area (Å²) in [6, 6.07) is 5.84. The lowest BCUT2D eigenvalue weighted by molar-refractivity contribution is 0.942. The first-order valence-electron chi connectivity index (χ1n) is 4.95. The first-order valence-corrected chi connectivity index (χ1v) is 6.15. The first kappa shape index (κ1) is 11.5. The van der Waals surface area contributed by atoms with Crippen molar-refractivity contribution in [2.75, 3.05) is 6.54 Å². The van der Waals surface area contributed by atoms with Crippen LogP contribution in [0.1, 0.15) is 5.56 Å². The fraction of sp³-hybridized carbons (Fsp3) is 0.182. The summed E-state index contributed by atoms with van der Waals surface area (Å²) in [6.45, 7) is 0.617.